The van der Waals surface area contributed by atoms with Crippen molar-refractivity contribution in [3.8, 4) is 11.7 Å². The van der Waals surface area contributed by atoms with Crippen molar-refractivity contribution in [3.05, 3.63) is 23.8 Å². The lowest BCUT2D eigenvalue weighted by Gasteiger charge is -1.97. The van der Waals surface area contributed by atoms with Crippen LogP contribution in [0.15, 0.2) is 22.6 Å². The van der Waals surface area contributed by atoms with Crippen molar-refractivity contribution in [1.29, 1.82) is 0 Å². The first-order valence-electron chi connectivity index (χ1n) is 4.40. The van der Waals surface area contributed by atoms with E-state index in [0.717, 1.165) is 0 Å². The molecule has 1 aromatic carbocycles. The molecule has 1 aromatic heterocycles. The fourth-order valence-electron chi connectivity index (χ4n) is 1.46. The van der Waals surface area contributed by atoms with Gasteiger partial charge in [-0.2, -0.15) is 0 Å². The average molecular weight is 206 g/mol. The molecule has 0 fully saturated rings. The van der Waals surface area contributed by atoms with Gasteiger partial charge in [0.15, 0.2) is 6.29 Å². The van der Waals surface area contributed by atoms with Crippen LogP contribution in [-0.4, -0.2) is 20.5 Å². The lowest BCUT2D eigenvalue weighted by atomic mass is 10.2. The predicted molar refractivity (Wildman–Crippen MR) is 54.7 cm³/mol. The summed E-state index contributed by atoms with van der Waals surface area (Å²) in [5.41, 5.74) is 1.01. The number of hydrogen-bond donors (Lipinski definition) is 0. The van der Waals surface area contributed by atoms with Gasteiger partial charge in [0, 0.05) is 5.39 Å². The number of benzene rings is 1. The van der Waals surface area contributed by atoms with Gasteiger partial charge in [0.1, 0.15) is 16.9 Å². The van der Waals surface area contributed by atoms with Crippen LogP contribution < -0.4 is 9.47 Å². The SMILES string of the molecule is COc1ccc2oc(OC)c(C=O)c2c1. The third-order valence-electron chi connectivity index (χ3n) is 2.20. The van der Waals surface area contributed by atoms with Crippen LogP contribution in [0.2, 0.25) is 0 Å². The molecular weight excluding hydrogens is 196 g/mol. The van der Waals surface area contributed by atoms with Crippen LogP contribution in [-0.2, 0) is 0 Å². The summed E-state index contributed by atoms with van der Waals surface area (Å²) >= 11 is 0. The van der Waals surface area contributed by atoms with Crippen molar-refractivity contribution in [3.63, 3.8) is 0 Å². The molecule has 2 rings (SSSR count). The number of rotatable bonds is 3. The number of methoxy groups -OCH3 is 2. The molecule has 1 heterocycles. The van der Waals surface area contributed by atoms with Gasteiger partial charge < -0.3 is 13.9 Å². The number of furan rings is 1. The summed E-state index contributed by atoms with van der Waals surface area (Å²) in [7, 11) is 3.03. The fraction of sp³-hybridized carbons (Fsp3) is 0.182. The molecule has 0 amide bonds. The second-order valence-electron chi connectivity index (χ2n) is 2.99. The summed E-state index contributed by atoms with van der Waals surface area (Å²) in [5.74, 6) is 0.905. The highest BCUT2D eigenvalue weighted by Gasteiger charge is 2.14. The van der Waals surface area contributed by atoms with Gasteiger partial charge in [-0.1, -0.05) is 0 Å². The minimum absolute atomic E-state index is 0.230. The van der Waals surface area contributed by atoms with Gasteiger partial charge in [0.25, 0.3) is 5.95 Å². The van der Waals surface area contributed by atoms with Crippen LogP contribution in [0, 0.1) is 0 Å². The third kappa shape index (κ3) is 1.44. The second-order valence-corrected chi connectivity index (χ2v) is 2.99. The van der Waals surface area contributed by atoms with E-state index in [0.29, 0.717) is 28.6 Å². The molecule has 0 unspecified atom stereocenters. The molecule has 0 aliphatic heterocycles. The van der Waals surface area contributed by atoms with Crippen molar-refractivity contribution in [2.75, 3.05) is 14.2 Å². The van der Waals surface area contributed by atoms with E-state index in [1.54, 1.807) is 25.3 Å². The Balaban J connectivity index is 2.73. The molecule has 0 radical (unpaired) electrons. The van der Waals surface area contributed by atoms with Gasteiger partial charge in [-0.15, -0.1) is 0 Å². The Morgan fingerprint density at radius 1 is 1.27 bits per heavy atom. The van der Waals surface area contributed by atoms with Crippen LogP contribution >= 0.6 is 0 Å². The molecular formula is C11H10O4. The Bertz CT molecular complexity index is 499. The normalized spacial score (nSPS) is 10.3. The monoisotopic (exact) mass is 206 g/mol. The molecule has 2 aromatic rings. The summed E-state index contributed by atoms with van der Waals surface area (Å²) in [4.78, 5) is 10.9. The molecule has 0 aliphatic carbocycles. The van der Waals surface area contributed by atoms with Gasteiger partial charge in [-0.05, 0) is 18.2 Å². The van der Waals surface area contributed by atoms with Crippen molar-refractivity contribution < 1.29 is 18.7 Å². The molecule has 0 atom stereocenters. The number of ether oxygens (including phenoxy) is 2. The van der Waals surface area contributed by atoms with Gasteiger partial charge in [-0.25, -0.2) is 0 Å². The molecule has 4 nitrogen and oxygen atoms in total. The number of fused-ring (bicyclic) bond motifs is 1. The number of aldehydes is 1. The molecule has 15 heavy (non-hydrogen) atoms. The van der Waals surface area contributed by atoms with E-state index in [-0.39, 0.29) is 5.95 Å². The Kier molecular flexibility index (Phi) is 2.33. The standard InChI is InChI=1S/C11H10O4/c1-13-7-3-4-10-8(5-7)9(6-12)11(14-2)15-10/h3-6H,1-2H3. The summed E-state index contributed by atoms with van der Waals surface area (Å²) in [6, 6.07) is 5.24. The van der Waals surface area contributed by atoms with E-state index in [4.69, 9.17) is 13.9 Å². The van der Waals surface area contributed by atoms with Crippen LogP contribution in [0.3, 0.4) is 0 Å². The first-order chi connectivity index (χ1) is 7.30. The molecule has 78 valence electrons. The fourth-order valence-corrected chi connectivity index (χ4v) is 1.46. The first kappa shape index (κ1) is 9.58. The van der Waals surface area contributed by atoms with Crippen LogP contribution in [0.4, 0.5) is 0 Å². The maximum absolute atomic E-state index is 10.9. The summed E-state index contributed by atoms with van der Waals surface area (Å²) in [6.45, 7) is 0. The van der Waals surface area contributed by atoms with Crippen molar-refractivity contribution in [2.24, 2.45) is 0 Å². The molecule has 0 bridgehead atoms. The lowest BCUT2D eigenvalue weighted by Crippen LogP contribution is -1.85. The quantitative estimate of drug-likeness (QED) is 0.723. The maximum Gasteiger partial charge on any atom is 0.296 e. The van der Waals surface area contributed by atoms with Crippen molar-refractivity contribution in [2.45, 2.75) is 0 Å². The third-order valence-corrected chi connectivity index (χ3v) is 2.20. The Hall–Kier alpha value is -1.97. The number of carbonyl (C=O) groups is 1. The summed E-state index contributed by atoms with van der Waals surface area (Å²) in [5, 5.41) is 0.696. The minimum atomic E-state index is 0.230. The summed E-state index contributed by atoms with van der Waals surface area (Å²) < 4.78 is 15.4. The highest BCUT2D eigenvalue weighted by molar-refractivity contribution is 5.99. The largest absolute Gasteiger partial charge is 0.497 e. The molecule has 0 saturated heterocycles. The van der Waals surface area contributed by atoms with Gasteiger partial charge in [-0.3, -0.25) is 4.79 Å². The number of hydrogen-bond acceptors (Lipinski definition) is 4. The zero-order valence-corrected chi connectivity index (χ0v) is 8.44. The Labute approximate surface area is 86.4 Å². The molecule has 0 aliphatic rings. The van der Waals surface area contributed by atoms with E-state index in [2.05, 4.69) is 0 Å². The van der Waals surface area contributed by atoms with E-state index < -0.39 is 0 Å². The second kappa shape index (κ2) is 3.65. The smallest absolute Gasteiger partial charge is 0.296 e. The number of carbonyl (C=O) groups excluding carboxylic acids is 1. The average Bonchev–Trinajstić information content (AvgIpc) is 2.65. The van der Waals surface area contributed by atoms with Gasteiger partial charge in [0.05, 0.1) is 14.2 Å². The first-order valence-corrected chi connectivity index (χ1v) is 4.40. The minimum Gasteiger partial charge on any atom is -0.497 e. The zero-order chi connectivity index (χ0) is 10.8. The molecule has 0 N–H and O–H groups in total. The highest BCUT2D eigenvalue weighted by Crippen LogP contribution is 2.32. The van der Waals surface area contributed by atoms with Crippen molar-refractivity contribution in [1.82, 2.24) is 0 Å². The highest BCUT2D eigenvalue weighted by atomic mass is 16.6. The molecule has 0 saturated carbocycles. The van der Waals surface area contributed by atoms with E-state index in [1.807, 2.05) is 0 Å². The van der Waals surface area contributed by atoms with Gasteiger partial charge >= 0.3 is 0 Å². The van der Waals surface area contributed by atoms with E-state index in [1.165, 1.54) is 7.11 Å². The molecule has 0 spiro atoms. The molecule has 4 heteroatoms. The van der Waals surface area contributed by atoms with E-state index in [9.17, 15) is 4.79 Å². The lowest BCUT2D eigenvalue weighted by molar-refractivity contribution is 0.111. The van der Waals surface area contributed by atoms with E-state index >= 15 is 0 Å². The Morgan fingerprint density at radius 2 is 2.07 bits per heavy atom. The maximum atomic E-state index is 10.9. The topological polar surface area (TPSA) is 48.7 Å². The van der Waals surface area contributed by atoms with Crippen LogP contribution in [0.25, 0.3) is 11.0 Å². The predicted octanol–water partition coefficient (Wildman–Crippen LogP) is 2.26. The van der Waals surface area contributed by atoms with Crippen LogP contribution in [0.5, 0.6) is 11.7 Å². The Morgan fingerprint density at radius 3 is 2.67 bits per heavy atom. The van der Waals surface area contributed by atoms with Crippen LogP contribution in [0.1, 0.15) is 10.4 Å². The zero-order valence-electron chi connectivity index (χ0n) is 8.44. The van der Waals surface area contributed by atoms with Crippen molar-refractivity contribution >= 4 is 17.3 Å². The summed E-state index contributed by atoms with van der Waals surface area (Å²) in [6.07, 6.45) is 0.712. The van der Waals surface area contributed by atoms with Gasteiger partial charge in [0.2, 0.25) is 0 Å².